The third-order valence-electron chi connectivity index (χ3n) is 6.53. The van der Waals surface area contributed by atoms with Crippen molar-refractivity contribution in [2.45, 2.75) is 19.4 Å². The van der Waals surface area contributed by atoms with Gasteiger partial charge < -0.3 is 14.5 Å². The number of para-hydroxylation sites is 2. The standard InChI is InChI=1S/C33H27N3O4S/c1-23-30(33(38)40-21-24-12-5-2-6-13-24)31(28-18-11-19-39-28)27(20-34)32(35-23)41-22-29(37)36(25-14-7-3-8-15-25)26-16-9-4-10-17-26/h2-19,31,35H,21-22H2,1H3/t31-/m1/s1. The smallest absolute Gasteiger partial charge is 0.337 e. The zero-order valence-electron chi connectivity index (χ0n) is 22.3. The maximum Gasteiger partial charge on any atom is 0.337 e. The summed E-state index contributed by atoms with van der Waals surface area (Å²) in [5.74, 6) is -1.01. The second kappa shape index (κ2) is 12.9. The lowest BCUT2D eigenvalue weighted by atomic mass is 9.86. The number of hydrogen-bond acceptors (Lipinski definition) is 7. The van der Waals surface area contributed by atoms with Crippen LogP contribution in [0.25, 0.3) is 0 Å². The van der Waals surface area contributed by atoms with Gasteiger partial charge in [0.1, 0.15) is 12.4 Å². The number of nitrogens with zero attached hydrogens (tertiary/aromatic N) is 2. The quantitative estimate of drug-likeness (QED) is 0.224. The summed E-state index contributed by atoms with van der Waals surface area (Å²) in [4.78, 5) is 28.7. The first-order valence-corrected chi connectivity index (χ1v) is 14.0. The van der Waals surface area contributed by atoms with Crippen LogP contribution in [0.4, 0.5) is 11.4 Å². The summed E-state index contributed by atoms with van der Waals surface area (Å²) < 4.78 is 11.3. The van der Waals surface area contributed by atoms with Crippen LogP contribution < -0.4 is 10.2 Å². The molecule has 1 aliphatic heterocycles. The minimum atomic E-state index is -0.781. The van der Waals surface area contributed by atoms with Gasteiger partial charge in [0, 0.05) is 17.1 Å². The van der Waals surface area contributed by atoms with E-state index in [4.69, 9.17) is 9.15 Å². The van der Waals surface area contributed by atoms with Crippen LogP contribution in [-0.4, -0.2) is 17.6 Å². The zero-order chi connectivity index (χ0) is 28.6. The highest BCUT2D eigenvalue weighted by molar-refractivity contribution is 8.03. The van der Waals surface area contributed by atoms with E-state index in [0.717, 1.165) is 16.9 Å². The first-order chi connectivity index (χ1) is 20.1. The van der Waals surface area contributed by atoms with Crippen molar-refractivity contribution >= 4 is 35.0 Å². The monoisotopic (exact) mass is 561 g/mol. The number of allylic oxidation sites excluding steroid dienone is 2. The second-order valence-electron chi connectivity index (χ2n) is 9.22. The van der Waals surface area contributed by atoms with Crippen LogP contribution in [0.15, 0.2) is 136 Å². The molecule has 3 aromatic carbocycles. The van der Waals surface area contributed by atoms with Gasteiger partial charge in [-0.25, -0.2) is 4.79 Å². The fraction of sp³-hybridized carbons (Fsp3) is 0.121. The molecule has 0 saturated heterocycles. The third kappa shape index (κ3) is 6.26. The van der Waals surface area contributed by atoms with E-state index in [1.165, 1.54) is 18.0 Å². The second-order valence-corrected chi connectivity index (χ2v) is 10.2. The van der Waals surface area contributed by atoms with E-state index >= 15 is 0 Å². The van der Waals surface area contributed by atoms with Gasteiger partial charge in [-0.3, -0.25) is 9.69 Å². The van der Waals surface area contributed by atoms with E-state index in [2.05, 4.69) is 11.4 Å². The van der Waals surface area contributed by atoms with Crippen molar-refractivity contribution in [3.05, 3.63) is 143 Å². The van der Waals surface area contributed by atoms with E-state index in [1.54, 1.807) is 24.0 Å². The average molecular weight is 562 g/mol. The Morgan fingerprint density at radius 3 is 2.10 bits per heavy atom. The van der Waals surface area contributed by atoms with Crippen molar-refractivity contribution in [1.82, 2.24) is 5.32 Å². The fourth-order valence-corrected chi connectivity index (χ4v) is 5.57. The molecule has 5 rings (SSSR count). The molecule has 0 aliphatic carbocycles. The number of anilines is 2. The van der Waals surface area contributed by atoms with Crippen LogP contribution in [-0.2, 0) is 20.9 Å². The molecule has 1 N–H and O–H groups in total. The van der Waals surface area contributed by atoms with Gasteiger partial charge in [-0.05, 0) is 48.9 Å². The van der Waals surface area contributed by atoms with Gasteiger partial charge in [-0.1, -0.05) is 78.5 Å². The number of carbonyl (C=O) groups excluding carboxylic acids is 2. The van der Waals surface area contributed by atoms with Gasteiger partial charge >= 0.3 is 5.97 Å². The van der Waals surface area contributed by atoms with Crippen LogP contribution in [0.3, 0.4) is 0 Å². The lowest BCUT2D eigenvalue weighted by Gasteiger charge is -2.28. The van der Waals surface area contributed by atoms with E-state index in [9.17, 15) is 14.9 Å². The largest absolute Gasteiger partial charge is 0.468 e. The van der Waals surface area contributed by atoms with Gasteiger partial charge in [-0.15, -0.1) is 0 Å². The normalized spacial score (nSPS) is 14.7. The topological polar surface area (TPSA) is 95.6 Å². The molecule has 204 valence electrons. The number of carbonyl (C=O) groups is 2. The average Bonchev–Trinajstić information content (AvgIpc) is 3.55. The number of nitriles is 1. The van der Waals surface area contributed by atoms with Crippen molar-refractivity contribution in [1.29, 1.82) is 5.26 Å². The first kappa shape index (κ1) is 27.6. The highest BCUT2D eigenvalue weighted by Gasteiger charge is 2.37. The summed E-state index contributed by atoms with van der Waals surface area (Å²) >= 11 is 1.21. The van der Waals surface area contributed by atoms with Crippen molar-refractivity contribution in [3.63, 3.8) is 0 Å². The number of thioether (sulfide) groups is 1. The summed E-state index contributed by atoms with van der Waals surface area (Å²) in [5, 5.41) is 14.0. The van der Waals surface area contributed by atoms with Gasteiger partial charge in [-0.2, -0.15) is 5.26 Å². The minimum Gasteiger partial charge on any atom is -0.468 e. The fourth-order valence-electron chi connectivity index (χ4n) is 4.63. The van der Waals surface area contributed by atoms with Crippen molar-refractivity contribution in [2.24, 2.45) is 0 Å². The maximum atomic E-state index is 13.6. The summed E-state index contributed by atoms with van der Waals surface area (Å²) in [6.07, 6.45) is 1.50. The van der Waals surface area contributed by atoms with Crippen LogP contribution in [0.5, 0.6) is 0 Å². The Hall–Kier alpha value is -5.00. The molecule has 2 heterocycles. The lowest BCUT2D eigenvalue weighted by Crippen LogP contribution is -2.31. The predicted molar refractivity (Wildman–Crippen MR) is 159 cm³/mol. The molecule has 0 unspecified atom stereocenters. The predicted octanol–water partition coefficient (Wildman–Crippen LogP) is 6.82. The number of nitrogens with one attached hydrogen (secondary N) is 1. The third-order valence-corrected chi connectivity index (χ3v) is 7.53. The number of furan rings is 1. The lowest BCUT2D eigenvalue weighted by molar-refractivity contribution is -0.140. The van der Waals surface area contributed by atoms with Crippen molar-refractivity contribution < 1.29 is 18.7 Å². The summed E-state index contributed by atoms with van der Waals surface area (Å²) in [7, 11) is 0. The number of benzene rings is 3. The Morgan fingerprint density at radius 2 is 1.54 bits per heavy atom. The van der Waals surface area contributed by atoms with E-state index in [0.29, 0.717) is 22.1 Å². The summed E-state index contributed by atoms with van der Waals surface area (Å²) in [6.45, 7) is 1.85. The van der Waals surface area contributed by atoms with Crippen molar-refractivity contribution in [2.75, 3.05) is 10.7 Å². The van der Waals surface area contributed by atoms with E-state index in [-0.39, 0.29) is 23.8 Å². The SMILES string of the molecule is CC1=C(C(=O)OCc2ccccc2)[C@@H](c2ccco2)C(C#N)=C(SCC(=O)N(c2ccccc2)c2ccccc2)N1. The molecule has 1 amide bonds. The van der Waals surface area contributed by atoms with E-state index < -0.39 is 11.9 Å². The Labute approximate surface area is 242 Å². The highest BCUT2D eigenvalue weighted by Crippen LogP contribution is 2.41. The molecular weight excluding hydrogens is 534 g/mol. The molecule has 8 heteroatoms. The molecule has 41 heavy (non-hydrogen) atoms. The van der Waals surface area contributed by atoms with E-state index in [1.807, 2.05) is 91.0 Å². The molecule has 0 saturated carbocycles. The summed E-state index contributed by atoms with van der Waals surface area (Å²) in [6, 6.07) is 33.9. The molecule has 7 nitrogen and oxygen atoms in total. The minimum absolute atomic E-state index is 0.0449. The molecule has 4 aromatic rings. The number of esters is 1. The van der Waals surface area contributed by atoms with Crippen LogP contribution in [0.2, 0.25) is 0 Å². The molecule has 0 bridgehead atoms. The number of amides is 1. The van der Waals surface area contributed by atoms with Crippen LogP contribution in [0.1, 0.15) is 24.2 Å². The number of hydrogen-bond donors (Lipinski definition) is 1. The number of rotatable bonds is 9. The Morgan fingerprint density at radius 1 is 0.927 bits per heavy atom. The summed E-state index contributed by atoms with van der Waals surface area (Å²) in [5.41, 5.74) is 3.43. The first-order valence-electron chi connectivity index (χ1n) is 13.0. The van der Waals surface area contributed by atoms with Gasteiger partial charge in [0.15, 0.2) is 0 Å². The van der Waals surface area contributed by atoms with Gasteiger partial charge in [0.05, 0.1) is 40.2 Å². The van der Waals surface area contributed by atoms with Crippen LogP contribution >= 0.6 is 11.8 Å². The van der Waals surface area contributed by atoms with Crippen LogP contribution in [0, 0.1) is 11.3 Å². The number of ether oxygens (including phenoxy) is 1. The Kier molecular flexibility index (Phi) is 8.67. The molecule has 1 atom stereocenters. The highest BCUT2D eigenvalue weighted by atomic mass is 32.2. The maximum absolute atomic E-state index is 13.6. The van der Waals surface area contributed by atoms with Gasteiger partial charge in [0.25, 0.3) is 0 Å². The molecular formula is C33H27N3O4S. The molecule has 0 radical (unpaired) electrons. The number of dihydropyridines is 1. The molecule has 1 aromatic heterocycles. The Bertz CT molecular complexity index is 1570. The van der Waals surface area contributed by atoms with Gasteiger partial charge in [0.2, 0.25) is 5.91 Å². The Balaban J connectivity index is 1.41. The molecule has 0 spiro atoms. The van der Waals surface area contributed by atoms with Crippen molar-refractivity contribution in [3.8, 4) is 6.07 Å². The molecule has 0 fully saturated rings. The zero-order valence-corrected chi connectivity index (χ0v) is 23.1. The molecule has 1 aliphatic rings.